The summed E-state index contributed by atoms with van der Waals surface area (Å²) in [5, 5.41) is 1.15. The zero-order chi connectivity index (χ0) is 21.8. The van der Waals surface area contributed by atoms with E-state index in [1.807, 2.05) is 23.2 Å². The predicted octanol–water partition coefficient (Wildman–Crippen LogP) is 4.30. The van der Waals surface area contributed by atoms with Crippen molar-refractivity contribution in [3.8, 4) is 0 Å². The molecule has 1 aliphatic rings. The summed E-state index contributed by atoms with van der Waals surface area (Å²) in [5.74, 6) is 0.0756. The van der Waals surface area contributed by atoms with Crippen LogP contribution in [0.25, 0.3) is 10.9 Å². The number of aryl methyl sites for hydroxylation is 1. The van der Waals surface area contributed by atoms with Gasteiger partial charge in [0.2, 0.25) is 5.91 Å². The quantitative estimate of drug-likeness (QED) is 0.671. The van der Waals surface area contributed by atoms with Gasteiger partial charge in [-0.15, -0.1) is 0 Å². The highest BCUT2D eigenvalue weighted by molar-refractivity contribution is 5.86. The van der Waals surface area contributed by atoms with Crippen LogP contribution in [-0.2, 0) is 9.53 Å². The van der Waals surface area contributed by atoms with Gasteiger partial charge in [-0.25, -0.2) is 4.79 Å². The minimum atomic E-state index is -0.300. The fourth-order valence-electron chi connectivity index (χ4n) is 4.25. The van der Waals surface area contributed by atoms with Crippen LogP contribution in [0.3, 0.4) is 0 Å². The van der Waals surface area contributed by atoms with Gasteiger partial charge in [-0.2, -0.15) is 0 Å². The van der Waals surface area contributed by atoms with E-state index in [1.54, 1.807) is 11.8 Å². The Morgan fingerprint density at radius 3 is 2.39 bits per heavy atom. The summed E-state index contributed by atoms with van der Waals surface area (Å²) in [7, 11) is 0. The number of fused-ring (bicyclic) bond motifs is 1. The van der Waals surface area contributed by atoms with Crippen molar-refractivity contribution in [3.63, 3.8) is 0 Å². The third-order valence-corrected chi connectivity index (χ3v) is 6.01. The number of para-hydroxylation sites is 1. The number of aromatic nitrogens is 1. The van der Waals surface area contributed by atoms with E-state index in [1.165, 1.54) is 5.56 Å². The molecule has 0 unspecified atom stereocenters. The molecule has 6 nitrogen and oxygen atoms in total. The van der Waals surface area contributed by atoms with Crippen molar-refractivity contribution in [3.05, 3.63) is 71.4 Å². The normalized spacial score (nSPS) is 15.2. The summed E-state index contributed by atoms with van der Waals surface area (Å²) in [5.41, 5.74) is 4.54. The van der Waals surface area contributed by atoms with Gasteiger partial charge in [0, 0.05) is 55.6 Å². The number of ether oxygens (including phenoxy) is 1. The lowest BCUT2D eigenvalue weighted by Gasteiger charge is -2.34. The summed E-state index contributed by atoms with van der Waals surface area (Å²) >= 11 is 0. The SMILES string of the molecule is CCOC(=O)N1CCN(C(=O)C[C@@H](c2ccc(C)cc2)c2c[nH]c3ccccc23)CC1. The number of nitrogens with one attached hydrogen (secondary N) is 1. The Labute approximate surface area is 182 Å². The standard InChI is InChI=1S/C25H29N3O3/c1-3-31-25(30)28-14-12-27(13-15-28)24(29)16-21(19-10-8-18(2)9-11-19)22-17-26-23-7-5-4-6-20(22)23/h4-11,17,21,26H,3,12-16H2,1-2H3/t21-/m0/s1. The van der Waals surface area contributed by atoms with Crippen molar-refractivity contribution in [2.75, 3.05) is 32.8 Å². The van der Waals surface area contributed by atoms with E-state index in [-0.39, 0.29) is 17.9 Å². The first-order valence-electron chi connectivity index (χ1n) is 10.9. The number of nitrogens with zero attached hydrogens (tertiary/aromatic N) is 2. The minimum Gasteiger partial charge on any atom is -0.450 e. The van der Waals surface area contributed by atoms with Gasteiger partial charge in [0.1, 0.15) is 0 Å². The third-order valence-electron chi connectivity index (χ3n) is 6.01. The van der Waals surface area contributed by atoms with Crippen molar-refractivity contribution in [2.45, 2.75) is 26.2 Å². The molecule has 0 bridgehead atoms. The number of hydrogen-bond acceptors (Lipinski definition) is 3. The molecule has 1 N–H and O–H groups in total. The smallest absolute Gasteiger partial charge is 0.409 e. The van der Waals surface area contributed by atoms with Gasteiger partial charge in [0.05, 0.1) is 6.61 Å². The lowest BCUT2D eigenvalue weighted by atomic mass is 9.87. The molecular formula is C25H29N3O3. The number of piperazine rings is 1. The van der Waals surface area contributed by atoms with Gasteiger partial charge < -0.3 is 19.5 Å². The second kappa shape index (κ2) is 9.25. The van der Waals surface area contributed by atoms with Crippen LogP contribution < -0.4 is 0 Å². The Morgan fingerprint density at radius 1 is 1.00 bits per heavy atom. The van der Waals surface area contributed by atoms with Crippen LogP contribution >= 0.6 is 0 Å². The highest BCUT2D eigenvalue weighted by Crippen LogP contribution is 2.34. The third kappa shape index (κ3) is 4.58. The molecule has 0 aliphatic carbocycles. The Bertz CT molecular complexity index is 1050. The molecule has 1 saturated heterocycles. The molecule has 2 heterocycles. The largest absolute Gasteiger partial charge is 0.450 e. The summed E-state index contributed by atoms with van der Waals surface area (Å²) in [4.78, 5) is 32.1. The average molecular weight is 420 g/mol. The van der Waals surface area contributed by atoms with E-state index in [9.17, 15) is 9.59 Å². The number of amides is 2. The van der Waals surface area contributed by atoms with Gasteiger partial charge in [-0.05, 0) is 31.0 Å². The van der Waals surface area contributed by atoms with Crippen molar-refractivity contribution in [1.82, 2.24) is 14.8 Å². The maximum Gasteiger partial charge on any atom is 0.409 e. The number of hydrogen-bond donors (Lipinski definition) is 1. The molecule has 4 rings (SSSR count). The maximum atomic E-state index is 13.3. The Kier molecular flexibility index (Phi) is 6.26. The molecule has 6 heteroatoms. The Morgan fingerprint density at radius 2 is 1.68 bits per heavy atom. The molecular weight excluding hydrogens is 390 g/mol. The van der Waals surface area contributed by atoms with Gasteiger partial charge >= 0.3 is 6.09 Å². The number of carbonyl (C=O) groups is 2. The molecule has 3 aromatic rings. The van der Waals surface area contributed by atoms with Gasteiger partial charge in [0.25, 0.3) is 0 Å². The van der Waals surface area contributed by atoms with Crippen molar-refractivity contribution in [1.29, 1.82) is 0 Å². The van der Waals surface area contributed by atoms with Crippen LogP contribution in [0.2, 0.25) is 0 Å². The van der Waals surface area contributed by atoms with E-state index in [2.05, 4.69) is 48.3 Å². The van der Waals surface area contributed by atoms with E-state index in [0.717, 1.165) is 22.0 Å². The second-order valence-electron chi connectivity index (χ2n) is 8.02. The first-order valence-corrected chi connectivity index (χ1v) is 10.9. The zero-order valence-electron chi connectivity index (χ0n) is 18.1. The Hall–Kier alpha value is -3.28. The summed E-state index contributed by atoms with van der Waals surface area (Å²) < 4.78 is 5.08. The van der Waals surface area contributed by atoms with Crippen LogP contribution in [0.15, 0.2) is 54.7 Å². The monoisotopic (exact) mass is 419 g/mol. The van der Waals surface area contributed by atoms with Gasteiger partial charge in [-0.1, -0.05) is 48.0 Å². The van der Waals surface area contributed by atoms with Crippen LogP contribution in [0, 0.1) is 6.92 Å². The van der Waals surface area contributed by atoms with E-state index >= 15 is 0 Å². The van der Waals surface area contributed by atoms with Crippen LogP contribution in [0.1, 0.15) is 36.0 Å². The molecule has 1 atom stereocenters. The molecule has 1 aromatic heterocycles. The van der Waals surface area contributed by atoms with Crippen molar-refractivity contribution >= 4 is 22.9 Å². The summed E-state index contributed by atoms with van der Waals surface area (Å²) in [6.45, 7) is 6.31. The van der Waals surface area contributed by atoms with E-state index < -0.39 is 0 Å². The molecule has 0 saturated carbocycles. The zero-order valence-corrected chi connectivity index (χ0v) is 18.1. The molecule has 2 aromatic carbocycles. The van der Waals surface area contributed by atoms with Crippen molar-refractivity contribution < 1.29 is 14.3 Å². The van der Waals surface area contributed by atoms with Crippen LogP contribution in [0.4, 0.5) is 4.79 Å². The van der Waals surface area contributed by atoms with E-state index in [4.69, 9.17) is 4.74 Å². The first-order chi connectivity index (χ1) is 15.1. The highest BCUT2D eigenvalue weighted by Gasteiger charge is 2.28. The van der Waals surface area contributed by atoms with Crippen molar-refractivity contribution in [2.24, 2.45) is 0 Å². The molecule has 2 amide bonds. The lowest BCUT2D eigenvalue weighted by Crippen LogP contribution is -2.50. The minimum absolute atomic E-state index is 0.0349. The maximum absolute atomic E-state index is 13.3. The second-order valence-corrected chi connectivity index (χ2v) is 8.02. The number of H-pyrrole nitrogens is 1. The molecule has 1 fully saturated rings. The van der Waals surface area contributed by atoms with Gasteiger partial charge in [-0.3, -0.25) is 4.79 Å². The molecule has 1 aliphatic heterocycles. The topological polar surface area (TPSA) is 65.6 Å². The number of aromatic amines is 1. The first kappa shape index (κ1) is 21.0. The molecule has 0 spiro atoms. The Balaban J connectivity index is 1.54. The van der Waals surface area contributed by atoms with Crippen LogP contribution in [0.5, 0.6) is 0 Å². The summed E-state index contributed by atoms with van der Waals surface area (Å²) in [6, 6.07) is 16.6. The average Bonchev–Trinajstić information content (AvgIpc) is 3.22. The highest BCUT2D eigenvalue weighted by atomic mass is 16.6. The predicted molar refractivity (Wildman–Crippen MR) is 121 cm³/mol. The lowest BCUT2D eigenvalue weighted by molar-refractivity contribution is -0.133. The van der Waals surface area contributed by atoms with E-state index in [0.29, 0.717) is 39.2 Å². The van der Waals surface area contributed by atoms with Gasteiger partial charge in [0.15, 0.2) is 0 Å². The fourth-order valence-corrected chi connectivity index (χ4v) is 4.25. The number of carbonyl (C=O) groups excluding carboxylic acids is 2. The number of rotatable bonds is 5. The molecule has 0 radical (unpaired) electrons. The fraction of sp³-hybridized carbons (Fsp3) is 0.360. The molecule has 31 heavy (non-hydrogen) atoms. The summed E-state index contributed by atoms with van der Waals surface area (Å²) in [6.07, 6.45) is 2.12. The number of benzene rings is 2. The van der Waals surface area contributed by atoms with Crippen LogP contribution in [-0.4, -0.2) is 59.6 Å². The molecule has 162 valence electrons.